The van der Waals surface area contributed by atoms with Gasteiger partial charge < -0.3 is 5.73 Å². The molecule has 4 rings (SSSR count). The molecule has 1 saturated carbocycles. The number of nitriles is 1. The van der Waals surface area contributed by atoms with E-state index in [0.29, 0.717) is 18.5 Å². The molecule has 30 heavy (non-hydrogen) atoms. The van der Waals surface area contributed by atoms with Crippen LogP contribution in [0, 0.1) is 17.1 Å². The summed E-state index contributed by atoms with van der Waals surface area (Å²) in [5.74, 6) is -0.663. The quantitative estimate of drug-likeness (QED) is 0.548. The van der Waals surface area contributed by atoms with Crippen LogP contribution in [0.3, 0.4) is 0 Å². The van der Waals surface area contributed by atoms with Gasteiger partial charge >= 0.3 is 12.2 Å². The standard InChI is InChI=1S/C21H18F4N4O/c22-16-10-14(7-8-17(16)27)29-19-4-2-1-3-18(19)28(20(29)30)13-6-5-12(11-26)15(9-13)21(23,24)25/h5-10,18-19H,1-4,27H2/t18-,19-/m0/s1. The number of amides is 2. The van der Waals surface area contributed by atoms with Gasteiger partial charge in [-0.05, 0) is 49.2 Å². The van der Waals surface area contributed by atoms with E-state index in [1.165, 1.54) is 34.1 Å². The summed E-state index contributed by atoms with van der Waals surface area (Å²) < 4.78 is 54.4. The molecule has 1 aliphatic heterocycles. The molecule has 1 aliphatic carbocycles. The number of anilines is 3. The first-order valence-electron chi connectivity index (χ1n) is 9.51. The Hall–Kier alpha value is -3.28. The molecule has 0 radical (unpaired) electrons. The van der Waals surface area contributed by atoms with E-state index in [1.807, 2.05) is 0 Å². The van der Waals surface area contributed by atoms with Crippen molar-refractivity contribution in [1.29, 1.82) is 5.26 Å². The van der Waals surface area contributed by atoms with E-state index in [-0.39, 0.29) is 23.5 Å². The normalized spacial score (nSPS) is 21.5. The Morgan fingerprint density at radius 3 is 2.10 bits per heavy atom. The van der Waals surface area contributed by atoms with Crippen molar-refractivity contribution in [3.05, 3.63) is 53.3 Å². The third kappa shape index (κ3) is 3.22. The Bertz CT molecular complexity index is 1050. The van der Waals surface area contributed by atoms with Gasteiger partial charge in [0, 0.05) is 11.4 Å². The Kier molecular flexibility index (Phi) is 4.80. The molecule has 1 heterocycles. The van der Waals surface area contributed by atoms with Crippen molar-refractivity contribution in [2.75, 3.05) is 15.5 Å². The molecule has 2 N–H and O–H groups in total. The summed E-state index contributed by atoms with van der Waals surface area (Å²) in [7, 11) is 0. The van der Waals surface area contributed by atoms with Gasteiger partial charge in [0.05, 0.1) is 35.0 Å². The predicted molar refractivity (Wildman–Crippen MR) is 103 cm³/mol. The Labute approximate surface area is 170 Å². The number of nitrogens with zero attached hydrogens (tertiary/aromatic N) is 3. The maximum absolute atomic E-state index is 14.0. The zero-order valence-electron chi connectivity index (χ0n) is 15.8. The monoisotopic (exact) mass is 418 g/mol. The molecule has 0 aromatic heterocycles. The molecule has 0 unspecified atom stereocenters. The number of hydrogen-bond acceptors (Lipinski definition) is 3. The fourth-order valence-corrected chi connectivity index (χ4v) is 4.38. The van der Waals surface area contributed by atoms with Crippen LogP contribution in [0.2, 0.25) is 0 Å². The third-order valence-electron chi connectivity index (χ3n) is 5.74. The highest BCUT2D eigenvalue weighted by Crippen LogP contribution is 2.42. The number of fused-ring (bicyclic) bond motifs is 1. The Morgan fingerprint density at radius 1 is 1.00 bits per heavy atom. The van der Waals surface area contributed by atoms with E-state index < -0.39 is 29.2 Å². The number of halogens is 4. The van der Waals surface area contributed by atoms with Gasteiger partial charge in [-0.1, -0.05) is 12.8 Å². The van der Waals surface area contributed by atoms with Gasteiger partial charge in [-0.25, -0.2) is 9.18 Å². The highest BCUT2D eigenvalue weighted by atomic mass is 19.4. The van der Waals surface area contributed by atoms with Crippen LogP contribution in [0.4, 0.5) is 39.4 Å². The summed E-state index contributed by atoms with van der Waals surface area (Å²) in [5, 5.41) is 9.03. The summed E-state index contributed by atoms with van der Waals surface area (Å²) in [6, 6.07) is 7.73. The molecule has 5 nitrogen and oxygen atoms in total. The van der Waals surface area contributed by atoms with Gasteiger partial charge in [-0.2, -0.15) is 18.4 Å². The molecule has 2 aromatic carbocycles. The number of benzene rings is 2. The zero-order valence-corrected chi connectivity index (χ0v) is 15.8. The van der Waals surface area contributed by atoms with E-state index in [9.17, 15) is 22.4 Å². The van der Waals surface area contributed by atoms with Crippen LogP contribution in [-0.2, 0) is 6.18 Å². The van der Waals surface area contributed by atoms with Crippen molar-refractivity contribution in [3.8, 4) is 6.07 Å². The molecule has 2 aliphatic rings. The number of alkyl halides is 3. The molecule has 0 bridgehead atoms. The van der Waals surface area contributed by atoms with Crippen molar-refractivity contribution in [3.63, 3.8) is 0 Å². The molecule has 2 fully saturated rings. The first kappa shape index (κ1) is 20.0. The lowest BCUT2D eigenvalue weighted by Crippen LogP contribution is -2.40. The number of hydrogen-bond donors (Lipinski definition) is 1. The van der Waals surface area contributed by atoms with E-state index in [0.717, 1.165) is 25.0 Å². The number of urea groups is 1. The average Bonchev–Trinajstić information content (AvgIpc) is 3.01. The van der Waals surface area contributed by atoms with Gasteiger partial charge in [0.15, 0.2) is 0 Å². The average molecular weight is 418 g/mol. The molecule has 156 valence electrons. The minimum absolute atomic E-state index is 0.0515. The van der Waals surface area contributed by atoms with Crippen molar-refractivity contribution in [2.45, 2.75) is 43.9 Å². The number of rotatable bonds is 2. The maximum Gasteiger partial charge on any atom is 0.417 e. The Morgan fingerprint density at radius 2 is 1.57 bits per heavy atom. The van der Waals surface area contributed by atoms with E-state index >= 15 is 0 Å². The first-order valence-corrected chi connectivity index (χ1v) is 9.51. The van der Waals surface area contributed by atoms with Crippen molar-refractivity contribution in [2.24, 2.45) is 0 Å². The fourth-order valence-electron chi connectivity index (χ4n) is 4.38. The molecule has 2 aromatic rings. The lowest BCUT2D eigenvalue weighted by atomic mass is 9.89. The highest BCUT2D eigenvalue weighted by Gasteiger charge is 2.48. The van der Waals surface area contributed by atoms with Crippen LogP contribution in [0.5, 0.6) is 0 Å². The second kappa shape index (κ2) is 7.20. The fraction of sp³-hybridized carbons (Fsp3) is 0.333. The van der Waals surface area contributed by atoms with E-state index in [4.69, 9.17) is 11.0 Å². The SMILES string of the molecule is N#Cc1ccc(N2C(=O)N(c3ccc(N)c(F)c3)[C@H]3CCCC[C@@H]32)cc1C(F)(F)F. The second-order valence-corrected chi connectivity index (χ2v) is 7.49. The molecule has 2 atom stereocenters. The van der Waals surface area contributed by atoms with Gasteiger partial charge in [0.2, 0.25) is 0 Å². The minimum atomic E-state index is -4.73. The lowest BCUT2D eigenvalue weighted by Gasteiger charge is -2.32. The molecule has 0 spiro atoms. The zero-order chi connectivity index (χ0) is 21.6. The van der Waals surface area contributed by atoms with Gasteiger partial charge in [-0.3, -0.25) is 9.80 Å². The van der Waals surface area contributed by atoms with Crippen molar-refractivity contribution < 1.29 is 22.4 Å². The maximum atomic E-state index is 14.0. The topological polar surface area (TPSA) is 73.4 Å². The molecule has 2 amide bonds. The molecule has 9 heteroatoms. The van der Waals surface area contributed by atoms with Crippen molar-refractivity contribution in [1.82, 2.24) is 0 Å². The predicted octanol–water partition coefficient (Wildman–Crippen LogP) is 5.06. The highest BCUT2D eigenvalue weighted by molar-refractivity contribution is 6.07. The lowest BCUT2D eigenvalue weighted by molar-refractivity contribution is -0.137. The number of carbonyl (C=O) groups is 1. The smallest absolute Gasteiger partial charge is 0.396 e. The van der Waals surface area contributed by atoms with Gasteiger partial charge in [0.1, 0.15) is 5.82 Å². The van der Waals surface area contributed by atoms with E-state index in [2.05, 4.69) is 0 Å². The Balaban J connectivity index is 1.80. The van der Waals surface area contributed by atoms with Gasteiger partial charge in [-0.15, -0.1) is 0 Å². The van der Waals surface area contributed by atoms with Gasteiger partial charge in [0.25, 0.3) is 0 Å². The van der Waals surface area contributed by atoms with Crippen LogP contribution in [0.15, 0.2) is 36.4 Å². The van der Waals surface area contributed by atoms with Crippen LogP contribution in [0.1, 0.15) is 36.8 Å². The minimum Gasteiger partial charge on any atom is -0.396 e. The third-order valence-corrected chi connectivity index (χ3v) is 5.74. The largest absolute Gasteiger partial charge is 0.417 e. The second-order valence-electron chi connectivity index (χ2n) is 7.49. The number of carbonyl (C=O) groups excluding carboxylic acids is 1. The molecular formula is C21H18F4N4O. The molecule has 1 saturated heterocycles. The summed E-state index contributed by atoms with van der Waals surface area (Å²) in [6.45, 7) is 0. The summed E-state index contributed by atoms with van der Waals surface area (Å²) in [4.78, 5) is 16.1. The van der Waals surface area contributed by atoms with Crippen LogP contribution in [-0.4, -0.2) is 18.1 Å². The molecular weight excluding hydrogens is 400 g/mol. The summed E-state index contributed by atoms with van der Waals surface area (Å²) >= 11 is 0. The van der Waals surface area contributed by atoms with Crippen LogP contribution < -0.4 is 15.5 Å². The number of nitrogens with two attached hydrogens (primary N) is 1. The summed E-state index contributed by atoms with van der Waals surface area (Å²) in [6.07, 6.45) is -1.77. The van der Waals surface area contributed by atoms with Crippen LogP contribution in [0.25, 0.3) is 0 Å². The van der Waals surface area contributed by atoms with E-state index in [1.54, 1.807) is 6.07 Å². The van der Waals surface area contributed by atoms with Crippen LogP contribution >= 0.6 is 0 Å². The summed E-state index contributed by atoms with van der Waals surface area (Å²) in [5.41, 5.74) is 4.28. The number of nitrogen functional groups attached to an aromatic ring is 1. The van der Waals surface area contributed by atoms with Crippen molar-refractivity contribution >= 4 is 23.1 Å². The first-order chi connectivity index (χ1) is 14.2.